The zero-order chi connectivity index (χ0) is 17.9. The molecule has 1 saturated carbocycles. The fourth-order valence-corrected chi connectivity index (χ4v) is 3.66. The zero-order valence-electron chi connectivity index (χ0n) is 14.7. The quantitative estimate of drug-likeness (QED) is 0.734. The summed E-state index contributed by atoms with van der Waals surface area (Å²) < 4.78 is 6.34. The second kappa shape index (κ2) is 8.12. The molecule has 3 atom stereocenters. The van der Waals surface area contributed by atoms with E-state index in [4.69, 9.17) is 4.74 Å². The maximum Gasteiger partial charge on any atom is 0.302 e. The molecule has 1 aromatic rings. The van der Waals surface area contributed by atoms with Crippen molar-refractivity contribution in [2.24, 2.45) is 0 Å². The standard InChI is InChI=1S/C18H25BrN2O3/c1-12(22)24-15-9-10-16(20(2)3)17(11-15)21(4)18(23)13-5-7-14(19)8-6-13/h5-8,15-17H,9-11H2,1-4H3. The highest BCUT2D eigenvalue weighted by Gasteiger charge is 2.37. The second-order valence-corrected chi connectivity index (χ2v) is 7.48. The fourth-order valence-electron chi connectivity index (χ4n) is 3.40. The van der Waals surface area contributed by atoms with Crippen LogP contribution < -0.4 is 0 Å². The molecule has 5 nitrogen and oxygen atoms in total. The van der Waals surface area contributed by atoms with Crippen LogP contribution in [0.3, 0.4) is 0 Å². The predicted octanol–water partition coefficient (Wildman–Crippen LogP) is 2.94. The molecule has 2 rings (SSSR count). The maximum absolute atomic E-state index is 12.8. The molecule has 3 unspecified atom stereocenters. The lowest BCUT2D eigenvalue weighted by atomic mass is 9.86. The average Bonchev–Trinajstić information content (AvgIpc) is 2.53. The molecule has 24 heavy (non-hydrogen) atoms. The summed E-state index contributed by atoms with van der Waals surface area (Å²) in [5.74, 6) is -0.272. The number of hydrogen-bond acceptors (Lipinski definition) is 4. The molecule has 1 aliphatic rings. The number of halogens is 1. The summed E-state index contributed by atoms with van der Waals surface area (Å²) in [6.07, 6.45) is 2.28. The lowest BCUT2D eigenvalue weighted by molar-refractivity contribution is -0.149. The van der Waals surface area contributed by atoms with Gasteiger partial charge in [0.15, 0.2) is 0 Å². The minimum absolute atomic E-state index is 0.00856. The third kappa shape index (κ3) is 4.57. The van der Waals surface area contributed by atoms with E-state index in [1.54, 1.807) is 4.90 Å². The van der Waals surface area contributed by atoms with Gasteiger partial charge in [-0.25, -0.2) is 0 Å². The van der Waals surface area contributed by atoms with Crippen molar-refractivity contribution in [1.29, 1.82) is 0 Å². The third-order valence-electron chi connectivity index (χ3n) is 4.64. The van der Waals surface area contributed by atoms with Crippen LogP contribution in [-0.4, -0.2) is 61.0 Å². The zero-order valence-corrected chi connectivity index (χ0v) is 16.2. The molecule has 0 heterocycles. The minimum atomic E-state index is -0.260. The van der Waals surface area contributed by atoms with E-state index >= 15 is 0 Å². The Hall–Kier alpha value is -1.40. The first-order valence-electron chi connectivity index (χ1n) is 8.16. The van der Waals surface area contributed by atoms with E-state index in [-0.39, 0.29) is 30.1 Å². The van der Waals surface area contributed by atoms with Gasteiger partial charge in [0.05, 0.1) is 6.04 Å². The van der Waals surface area contributed by atoms with Crippen LogP contribution in [0.2, 0.25) is 0 Å². The Morgan fingerprint density at radius 3 is 2.25 bits per heavy atom. The van der Waals surface area contributed by atoms with Gasteiger partial charge < -0.3 is 14.5 Å². The molecule has 1 aliphatic carbocycles. The first-order valence-corrected chi connectivity index (χ1v) is 8.95. The van der Waals surface area contributed by atoms with Crippen molar-refractivity contribution in [1.82, 2.24) is 9.80 Å². The molecule has 1 amide bonds. The molecular weight excluding hydrogens is 372 g/mol. The number of carbonyl (C=O) groups excluding carboxylic acids is 2. The molecule has 0 spiro atoms. The summed E-state index contributed by atoms with van der Waals surface area (Å²) in [4.78, 5) is 28.1. The summed E-state index contributed by atoms with van der Waals surface area (Å²) in [6.45, 7) is 1.43. The smallest absolute Gasteiger partial charge is 0.302 e. The van der Waals surface area contributed by atoms with Crippen LogP contribution in [0.25, 0.3) is 0 Å². The van der Waals surface area contributed by atoms with E-state index in [0.717, 1.165) is 17.3 Å². The van der Waals surface area contributed by atoms with Crippen LogP contribution in [0.15, 0.2) is 28.7 Å². The first-order chi connectivity index (χ1) is 11.3. The summed E-state index contributed by atoms with van der Waals surface area (Å²) >= 11 is 3.39. The summed E-state index contributed by atoms with van der Waals surface area (Å²) in [5.41, 5.74) is 0.660. The van der Waals surface area contributed by atoms with Crippen LogP contribution in [0, 0.1) is 0 Å². The van der Waals surface area contributed by atoms with Gasteiger partial charge in [-0.15, -0.1) is 0 Å². The van der Waals surface area contributed by atoms with Crippen LogP contribution in [0.1, 0.15) is 36.5 Å². The number of benzene rings is 1. The third-order valence-corrected chi connectivity index (χ3v) is 5.17. The maximum atomic E-state index is 12.8. The molecule has 1 fully saturated rings. The average molecular weight is 397 g/mol. The largest absolute Gasteiger partial charge is 0.462 e. The van der Waals surface area contributed by atoms with E-state index in [1.807, 2.05) is 45.4 Å². The predicted molar refractivity (Wildman–Crippen MR) is 96.9 cm³/mol. The van der Waals surface area contributed by atoms with Gasteiger partial charge in [-0.1, -0.05) is 15.9 Å². The Morgan fingerprint density at radius 2 is 1.71 bits per heavy atom. The Morgan fingerprint density at radius 1 is 1.08 bits per heavy atom. The van der Waals surface area contributed by atoms with Gasteiger partial charge in [-0.2, -0.15) is 0 Å². The van der Waals surface area contributed by atoms with Crippen molar-refractivity contribution in [3.63, 3.8) is 0 Å². The van der Waals surface area contributed by atoms with Gasteiger partial charge in [0.1, 0.15) is 6.10 Å². The molecule has 1 aromatic carbocycles. The highest BCUT2D eigenvalue weighted by molar-refractivity contribution is 9.10. The number of amides is 1. The topological polar surface area (TPSA) is 49.9 Å². The van der Waals surface area contributed by atoms with Crippen LogP contribution in [0.5, 0.6) is 0 Å². The van der Waals surface area contributed by atoms with Crippen molar-refractivity contribution in [2.45, 2.75) is 44.4 Å². The Bertz CT molecular complexity index is 588. The van der Waals surface area contributed by atoms with Crippen molar-refractivity contribution in [3.8, 4) is 0 Å². The Balaban J connectivity index is 2.17. The van der Waals surface area contributed by atoms with Crippen LogP contribution in [0.4, 0.5) is 0 Å². The molecule has 0 aromatic heterocycles. The van der Waals surface area contributed by atoms with Crippen molar-refractivity contribution in [3.05, 3.63) is 34.3 Å². The number of hydrogen-bond donors (Lipinski definition) is 0. The van der Waals surface area contributed by atoms with E-state index in [9.17, 15) is 9.59 Å². The fraction of sp³-hybridized carbons (Fsp3) is 0.556. The van der Waals surface area contributed by atoms with E-state index < -0.39 is 0 Å². The number of rotatable bonds is 4. The molecule has 132 valence electrons. The summed E-state index contributed by atoms with van der Waals surface area (Å²) in [6, 6.07) is 7.63. The van der Waals surface area contributed by atoms with Gasteiger partial charge in [-0.3, -0.25) is 9.59 Å². The van der Waals surface area contributed by atoms with Crippen molar-refractivity contribution >= 4 is 27.8 Å². The van der Waals surface area contributed by atoms with Gasteiger partial charge >= 0.3 is 5.97 Å². The van der Waals surface area contributed by atoms with Gasteiger partial charge in [0.25, 0.3) is 5.91 Å². The first kappa shape index (κ1) is 18.9. The van der Waals surface area contributed by atoms with Gasteiger partial charge in [-0.05, 0) is 51.2 Å². The van der Waals surface area contributed by atoms with E-state index in [1.165, 1.54) is 6.92 Å². The van der Waals surface area contributed by atoms with E-state index in [0.29, 0.717) is 12.0 Å². The minimum Gasteiger partial charge on any atom is -0.462 e. The number of ether oxygens (including phenoxy) is 1. The van der Waals surface area contributed by atoms with Crippen LogP contribution in [-0.2, 0) is 9.53 Å². The number of carbonyl (C=O) groups is 2. The van der Waals surface area contributed by atoms with Crippen molar-refractivity contribution in [2.75, 3.05) is 21.1 Å². The number of esters is 1. The monoisotopic (exact) mass is 396 g/mol. The number of nitrogens with zero attached hydrogens (tertiary/aromatic N) is 2. The molecular formula is C18H25BrN2O3. The molecule has 0 N–H and O–H groups in total. The van der Waals surface area contributed by atoms with E-state index in [2.05, 4.69) is 20.8 Å². The Labute approximate surface area is 152 Å². The lowest BCUT2D eigenvalue weighted by Gasteiger charge is -2.43. The SMILES string of the molecule is CC(=O)OC1CCC(N(C)C)C(N(C)C(=O)c2ccc(Br)cc2)C1. The number of likely N-dealkylation sites (N-methyl/N-ethyl adjacent to an activating group) is 2. The van der Waals surface area contributed by atoms with Crippen molar-refractivity contribution < 1.29 is 14.3 Å². The lowest BCUT2D eigenvalue weighted by Crippen LogP contribution is -2.54. The molecule has 0 bridgehead atoms. The van der Waals surface area contributed by atoms with Gasteiger partial charge in [0, 0.05) is 36.5 Å². The normalized spacial score (nSPS) is 23.8. The van der Waals surface area contributed by atoms with Crippen LogP contribution >= 0.6 is 15.9 Å². The molecule has 0 aliphatic heterocycles. The molecule has 0 radical (unpaired) electrons. The van der Waals surface area contributed by atoms with Gasteiger partial charge in [0.2, 0.25) is 0 Å². The highest BCUT2D eigenvalue weighted by atomic mass is 79.9. The molecule has 6 heteroatoms. The Kier molecular flexibility index (Phi) is 6.40. The highest BCUT2D eigenvalue weighted by Crippen LogP contribution is 2.28. The second-order valence-electron chi connectivity index (χ2n) is 6.57. The summed E-state index contributed by atoms with van der Waals surface area (Å²) in [5, 5.41) is 0. The summed E-state index contributed by atoms with van der Waals surface area (Å²) in [7, 11) is 5.89. The molecule has 0 saturated heterocycles.